The van der Waals surface area contributed by atoms with Gasteiger partial charge in [0, 0.05) is 5.56 Å². The van der Waals surface area contributed by atoms with Crippen LogP contribution in [0.1, 0.15) is 6.92 Å². The van der Waals surface area contributed by atoms with Crippen LogP contribution in [0.3, 0.4) is 0 Å². The molecule has 0 spiro atoms. The summed E-state index contributed by atoms with van der Waals surface area (Å²) >= 11 is 6.29. The van der Waals surface area contributed by atoms with Crippen molar-refractivity contribution in [2.45, 2.75) is 13.0 Å². The molecule has 3 aromatic rings. The number of aliphatic hydroxyl groups excluding tert-OH is 1. The average Bonchev–Trinajstić information content (AvgIpc) is 2.94. The lowest BCUT2D eigenvalue weighted by Crippen LogP contribution is -2.12. The Morgan fingerprint density at radius 1 is 1.24 bits per heavy atom. The Morgan fingerprint density at radius 2 is 2.00 bits per heavy atom. The highest BCUT2D eigenvalue weighted by Crippen LogP contribution is 2.34. The number of H-pyrrole nitrogens is 1. The van der Waals surface area contributed by atoms with Crippen molar-refractivity contribution in [2.24, 2.45) is 0 Å². The van der Waals surface area contributed by atoms with Gasteiger partial charge in [0.05, 0.1) is 16.6 Å². The molecule has 1 unspecified atom stereocenters. The minimum absolute atomic E-state index is 0.263. The number of ether oxygens (including phenoxy) is 1. The first-order valence-corrected chi connectivity index (χ1v) is 6.93. The second-order valence-corrected chi connectivity index (χ2v) is 5.22. The zero-order valence-electron chi connectivity index (χ0n) is 11.4. The summed E-state index contributed by atoms with van der Waals surface area (Å²) in [5.41, 5.74) is 3.35. The van der Waals surface area contributed by atoms with Gasteiger partial charge in [0.2, 0.25) is 0 Å². The van der Waals surface area contributed by atoms with Crippen LogP contribution in [0, 0.1) is 0 Å². The Balaban J connectivity index is 1.95. The maximum absolute atomic E-state index is 9.22. The van der Waals surface area contributed by atoms with Gasteiger partial charge in [-0.05, 0) is 36.8 Å². The molecule has 0 saturated heterocycles. The molecule has 108 valence electrons. The average molecular weight is 304 g/mol. The fraction of sp³-hybridized carbons (Fsp3) is 0.200. The topological polar surface area (TPSA) is 71.0 Å². The number of nitrogens with one attached hydrogen (secondary N) is 1. The molecule has 0 fully saturated rings. The second-order valence-electron chi connectivity index (χ2n) is 4.81. The van der Waals surface area contributed by atoms with E-state index in [-0.39, 0.29) is 6.61 Å². The van der Waals surface area contributed by atoms with Crippen LogP contribution in [0.4, 0.5) is 0 Å². The molecule has 21 heavy (non-hydrogen) atoms. The van der Waals surface area contributed by atoms with Crippen molar-refractivity contribution < 1.29 is 9.84 Å². The Bertz CT molecular complexity index is 753. The Hall–Kier alpha value is -2.11. The number of aliphatic hydroxyl groups is 1. The minimum atomic E-state index is -0.497. The fourth-order valence-corrected chi connectivity index (χ4v) is 2.36. The van der Waals surface area contributed by atoms with Crippen LogP contribution in [0.5, 0.6) is 5.75 Å². The molecule has 2 aromatic carbocycles. The van der Waals surface area contributed by atoms with Crippen molar-refractivity contribution in [1.29, 1.82) is 0 Å². The molecule has 5 nitrogen and oxygen atoms in total. The zero-order valence-corrected chi connectivity index (χ0v) is 12.1. The lowest BCUT2D eigenvalue weighted by atomic mass is 10.0. The first-order chi connectivity index (χ1) is 10.1. The molecule has 0 aliphatic rings. The van der Waals surface area contributed by atoms with Crippen LogP contribution < -0.4 is 4.74 Å². The second kappa shape index (κ2) is 5.71. The van der Waals surface area contributed by atoms with Gasteiger partial charge in [-0.3, -0.25) is 5.10 Å². The molecule has 0 amide bonds. The number of halogens is 1. The molecule has 0 radical (unpaired) electrons. The zero-order chi connectivity index (χ0) is 14.8. The van der Waals surface area contributed by atoms with Gasteiger partial charge in [-0.2, -0.15) is 0 Å². The van der Waals surface area contributed by atoms with Gasteiger partial charge in [-0.25, -0.2) is 0 Å². The Morgan fingerprint density at radius 3 is 2.71 bits per heavy atom. The summed E-state index contributed by atoms with van der Waals surface area (Å²) in [5, 5.41) is 20.6. The lowest BCUT2D eigenvalue weighted by Gasteiger charge is -2.09. The van der Waals surface area contributed by atoms with Gasteiger partial charge >= 0.3 is 0 Å². The third-order valence-corrected chi connectivity index (χ3v) is 3.40. The third kappa shape index (κ3) is 2.84. The van der Waals surface area contributed by atoms with Crippen LogP contribution in [0.2, 0.25) is 5.02 Å². The van der Waals surface area contributed by atoms with E-state index < -0.39 is 6.10 Å². The number of rotatable bonds is 4. The molecule has 1 atom stereocenters. The number of fused-ring (bicyclic) bond motifs is 1. The minimum Gasteiger partial charge on any atom is -0.491 e. The van der Waals surface area contributed by atoms with Crippen molar-refractivity contribution >= 4 is 22.6 Å². The van der Waals surface area contributed by atoms with E-state index in [4.69, 9.17) is 16.3 Å². The van der Waals surface area contributed by atoms with Gasteiger partial charge in [-0.1, -0.05) is 28.9 Å². The predicted octanol–water partition coefficient (Wildman–Crippen LogP) is 3.04. The van der Waals surface area contributed by atoms with Crippen molar-refractivity contribution in [2.75, 3.05) is 6.61 Å². The van der Waals surface area contributed by atoms with Gasteiger partial charge < -0.3 is 9.84 Å². The fourth-order valence-electron chi connectivity index (χ4n) is 2.10. The highest BCUT2D eigenvalue weighted by molar-refractivity contribution is 6.34. The van der Waals surface area contributed by atoms with E-state index in [1.807, 2.05) is 36.4 Å². The van der Waals surface area contributed by atoms with E-state index in [1.54, 1.807) is 6.92 Å². The molecule has 0 saturated carbocycles. The molecule has 0 aliphatic heterocycles. The van der Waals surface area contributed by atoms with E-state index >= 15 is 0 Å². The summed E-state index contributed by atoms with van der Waals surface area (Å²) in [6, 6.07) is 11.2. The van der Waals surface area contributed by atoms with Crippen LogP contribution in [-0.2, 0) is 0 Å². The summed E-state index contributed by atoms with van der Waals surface area (Å²) in [4.78, 5) is 0. The normalized spacial score (nSPS) is 12.5. The highest BCUT2D eigenvalue weighted by atomic mass is 35.5. The van der Waals surface area contributed by atoms with Crippen molar-refractivity contribution in [3.05, 3.63) is 41.4 Å². The van der Waals surface area contributed by atoms with E-state index in [2.05, 4.69) is 15.4 Å². The van der Waals surface area contributed by atoms with Gasteiger partial charge in [0.1, 0.15) is 17.9 Å². The molecular formula is C15H14ClN3O2. The first kappa shape index (κ1) is 13.9. The predicted molar refractivity (Wildman–Crippen MR) is 81.5 cm³/mol. The molecule has 0 aliphatic carbocycles. The van der Waals surface area contributed by atoms with E-state index in [1.165, 1.54) is 0 Å². The molecule has 0 bridgehead atoms. The van der Waals surface area contributed by atoms with Gasteiger partial charge in [0.25, 0.3) is 0 Å². The summed E-state index contributed by atoms with van der Waals surface area (Å²) in [7, 11) is 0. The monoisotopic (exact) mass is 303 g/mol. The first-order valence-electron chi connectivity index (χ1n) is 6.55. The molecule has 2 N–H and O–H groups in total. The van der Waals surface area contributed by atoms with Crippen LogP contribution in [0.25, 0.3) is 22.2 Å². The number of aromatic amines is 1. The molecule has 1 heterocycles. The van der Waals surface area contributed by atoms with Gasteiger partial charge in [0.15, 0.2) is 0 Å². The van der Waals surface area contributed by atoms with E-state index in [9.17, 15) is 5.11 Å². The number of hydrogen-bond acceptors (Lipinski definition) is 4. The Kier molecular flexibility index (Phi) is 3.77. The van der Waals surface area contributed by atoms with Crippen molar-refractivity contribution in [3.8, 4) is 16.9 Å². The quantitative estimate of drug-likeness (QED) is 0.777. The molecule has 1 aromatic heterocycles. The summed E-state index contributed by atoms with van der Waals surface area (Å²) in [6.45, 7) is 1.94. The van der Waals surface area contributed by atoms with E-state index in [0.717, 1.165) is 22.2 Å². The van der Waals surface area contributed by atoms with Crippen LogP contribution in [0.15, 0.2) is 36.4 Å². The third-order valence-electron chi connectivity index (χ3n) is 3.08. The smallest absolute Gasteiger partial charge is 0.122 e. The lowest BCUT2D eigenvalue weighted by molar-refractivity contribution is 0.123. The number of nitrogens with zero attached hydrogens (tertiary/aromatic N) is 2. The SMILES string of the molecule is CC(O)COc1ccc(-c2c(Cl)ccc3[nH]nnc23)cc1. The molecule has 6 heteroatoms. The number of hydrogen-bond donors (Lipinski definition) is 2. The van der Waals surface area contributed by atoms with Crippen LogP contribution in [-0.4, -0.2) is 33.2 Å². The highest BCUT2D eigenvalue weighted by Gasteiger charge is 2.11. The Labute approximate surface area is 126 Å². The van der Waals surface area contributed by atoms with Crippen molar-refractivity contribution in [3.63, 3.8) is 0 Å². The van der Waals surface area contributed by atoms with E-state index in [0.29, 0.717) is 10.8 Å². The summed E-state index contributed by atoms with van der Waals surface area (Å²) in [5.74, 6) is 0.697. The summed E-state index contributed by atoms with van der Waals surface area (Å²) in [6.07, 6.45) is -0.497. The standard InChI is InChI=1S/C15H14ClN3O2/c1-9(20)8-21-11-4-2-10(3-5-11)14-12(16)6-7-13-15(14)18-19-17-13/h2-7,9,20H,8H2,1H3,(H,17,18,19). The largest absolute Gasteiger partial charge is 0.491 e. The maximum atomic E-state index is 9.22. The maximum Gasteiger partial charge on any atom is 0.122 e. The van der Waals surface area contributed by atoms with Crippen molar-refractivity contribution in [1.82, 2.24) is 15.4 Å². The van der Waals surface area contributed by atoms with Crippen LogP contribution >= 0.6 is 11.6 Å². The summed E-state index contributed by atoms with van der Waals surface area (Å²) < 4.78 is 5.44. The number of aromatic nitrogens is 3. The molecule has 3 rings (SSSR count). The molecular weight excluding hydrogens is 290 g/mol. The van der Waals surface area contributed by atoms with Gasteiger partial charge in [-0.15, -0.1) is 5.10 Å². The number of benzene rings is 2.